The van der Waals surface area contributed by atoms with Crippen LogP contribution in [0.15, 0.2) is 12.1 Å². The number of hydrogen-bond acceptors (Lipinski definition) is 3. The SMILES string of the molecule is CC(C)CCCCC(=O)Oc1cc(C(C)(C)C)c(O)c(C(C)(C)C)c1. The van der Waals surface area contributed by atoms with Gasteiger partial charge in [-0.3, -0.25) is 4.79 Å². The van der Waals surface area contributed by atoms with E-state index in [0.29, 0.717) is 23.8 Å². The van der Waals surface area contributed by atoms with Crippen molar-refractivity contribution in [2.75, 3.05) is 0 Å². The van der Waals surface area contributed by atoms with Crippen LogP contribution in [0.4, 0.5) is 0 Å². The third kappa shape index (κ3) is 6.72. The summed E-state index contributed by atoms with van der Waals surface area (Å²) in [5, 5.41) is 10.7. The fourth-order valence-electron chi connectivity index (χ4n) is 2.81. The molecule has 0 radical (unpaired) electrons. The molecular formula is C22H36O3. The summed E-state index contributed by atoms with van der Waals surface area (Å²) in [6.07, 6.45) is 3.47. The first-order chi connectivity index (χ1) is 11.3. The second-order valence-electron chi connectivity index (χ2n) is 9.48. The highest BCUT2D eigenvalue weighted by Crippen LogP contribution is 2.41. The molecule has 142 valence electrons. The molecule has 0 amide bonds. The summed E-state index contributed by atoms with van der Waals surface area (Å²) in [5.74, 6) is 1.30. The minimum atomic E-state index is -0.232. The first kappa shape index (κ1) is 21.5. The topological polar surface area (TPSA) is 46.5 Å². The van der Waals surface area contributed by atoms with Gasteiger partial charge in [0.15, 0.2) is 0 Å². The average molecular weight is 349 g/mol. The molecule has 0 heterocycles. The van der Waals surface area contributed by atoms with E-state index in [0.717, 1.165) is 30.4 Å². The summed E-state index contributed by atoms with van der Waals surface area (Å²) in [5.41, 5.74) is 1.15. The van der Waals surface area contributed by atoms with E-state index in [-0.39, 0.29) is 16.8 Å². The molecule has 0 aliphatic rings. The van der Waals surface area contributed by atoms with Crippen molar-refractivity contribution in [3.05, 3.63) is 23.3 Å². The van der Waals surface area contributed by atoms with Crippen molar-refractivity contribution in [1.29, 1.82) is 0 Å². The van der Waals surface area contributed by atoms with Gasteiger partial charge in [-0.1, -0.05) is 68.2 Å². The number of unbranched alkanes of at least 4 members (excludes halogenated alkanes) is 1. The van der Waals surface area contributed by atoms with Crippen LogP contribution in [-0.4, -0.2) is 11.1 Å². The zero-order chi connectivity index (χ0) is 19.4. The van der Waals surface area contributed by atoms with Crippen molar-refractivity contribution < 1.29 is 14.6 Å². The maximum absolute atomic E-state index is 12.2. The van der Waals surface area contributed by atoms with Gasteiger partial charge in [-0.15, -0.1) is 0 Å². The quantitative estimate of drug-likeness (QED) is 0.383. The molecule has 1 aromatic carbocycles. The molecule has 0 aromatic heterocycles. The standard InChI is InChI=1S/C22H36O3/c1-15(2)11-9-10-12-19(23)25-16-13-17(21(3,4)5)20(24)18(14-16)22(6,7)8/h13-15,24H,9-12H2,1-8H3. The van der Waals surface area contributed by atoms with Gasteiger partial charge in [0.1, 0.15) is 11.5 Å². The Morgan fingerprint density at radius 2 is 1.48 bits per heavy atom. The van der Waals surface area contributed by atoms with Crippen LogP contribution in [0.25, 0.3) is 0 Å². The summed E-state index contributed by atoms with van der Waals surface area (Å²) >= 11 is 0. The Labute approximate surface area is 153 Å². The number of ether oxygens (including phenoxy) is 1. The van der Waals surface area contributed by atoms with Gasteiger partial charge >= 0.3 is 5.97 Å². The van der Waals surface area contributed by atoms with E-state index in [1.807, 2.05) is 41.5 Å². The molecule has 0 fully saturated rings. The molecule has 3 heteroatoms. The smallest absolute Gasteiger partial charge is 0.311 e. The molecule has 1 N–H and O–H groups in total. The van der Waals surface area contributed by atoms with E-state index >= 15 is 0 Å². The van der Waals surface area contributed by atoms with Gasteiger partial charge in [0.25, 0.3) is 0 Å². The van der Waals surface area contributed by atoms with Gasteiger partial charge in [-0.25, -0.2) is 0 Å². The van der Waals surface area contributed by atoms with Crippen LogP contribution in [-0.2, 0) is 15.6 Å². The molecule has 0 spiro atoms. The van der Waals surface area contributed by atoms with Gasteiger partial charge in [0, 0.05) is 17.5 Å². The summed E-state index contributed by atoms with van der Waals surface area (Å²) in [7, 11) is 0. The first-order valence-corrected chi connectivity index (χ1v) is 9.41. The summed E-state index contributed by atoms with van der Waals surface area (Å²) in [6.45, 7) is 16.7. The number of phenolic OH excluding ortho intramolecular Hbond substituents is 1. The molecule has 0 unspecified atom stereocenters. The molecule has 1 aromatic rings. The van der Waals surface area contributed by atoms with Gasteiger partial charge < -0.3 is 9.84 Å². The Hall–Kier alpha value is -1.51. The Balaban J connectivity index is 2.98. The summed E-state index contributed by atoms with van der Waals surface area (Å²) < 4.78 is 5.60. The molecule has 0 aliphatic heterocycles. The van der Waals surface area contributed by atoms with Gasteiger partial charge in [0.05, 0.1) is 0 Å². The maximum Gasteiger partial charge on any atom is 0.311 e. The lowest BCUT2D eigenvalue weighted by Gasteiger charge is -2.27. The van der Waals surface area contributed by atoms with Crippen molar-refractivity contribution in [1.82, 2.24) is 0 Å². The fraction of sp³-hybridized carbons (Fsp3) is 0.682. The number of phenols is 1. The lowest BCUT2D eigenvalue weighted by atomic mass is 9.79. The van der Waals surface area contributed by atoms with Crippen LogP contribution >= 0.6 is 0 Å². The van der Waals surface area contributed by atoms with Crippen LogP contribution in [0.3, 0.4) is 0 Å². The average Bonchev–Trinajstić information content (AvgIpc) is 2.42. The zero-order valence-corrected chi connectivity index (χ0v) is 17.3. The highest BCUT2D eigenvalue weighted by molar-refractivity contribution is 5.72. The number of esters is 1. The third-order valence-corrected chi connectivity index (χ3v) is 4.34. The predicted molar refractivity (Wildman–Crippen MR) is 104 cm³/mol. The molecule has 0 bridgehead atoms. The highest BCUT2D eigenvalue weighted by atomic mass is 16.5. The molecule has 0 saturated carbocycles. The van der Waals surface area contributed by atoms with Gasteiger partial charge in [-0.2, -0.15) is 0 Å². The van der Waals surface area contributed by atoms with Gasteiger partial charge in [-0.05, 0) is 35.3 Å². The van der Waals surface area contributed by atoms with Crippen molar-refractivity contribution >= 4 is 5.97 Å². The Kier molecular flexibility index (Phi) is 7.10. The molecule has 0 aliphatic carbocycles. The molecule has 1 rings (SSSR count). The number of carbonyl (C=O) groups excluding carboxylic acids is 1. The lowest BCUT2D eigenvalue weighted by molar-refractivity contribution is -0.134. The number of hydrogen-bond donors (Lipinski definition) is 1. The van der Waals surface area contributed by atoms with E-state index in [2.05, 4.69) is 13.8 Å². The number of rotatable bonds is 6. The molecule has 0 saturated heterocycles. The van der Waals surface area contributed by atoms with Gasteiger partial charge in [0.2, 0.25) is 0 Å². The van der Waals surface area contributed by atoms with Crippen molar-refractivity contribution in [3.8, 4) is 11.5 Å². The second-order valence-corrected chi connectivity index (χ2v) is 9.48. The van der Waals surface area contributed by atoms with E-state index in [1.165, 1.54) is 0 Å². The largest absolute Gasteiger partial charge is 0.507 e. The van der Waals surface area contributed by atoms with E-state index in [1.54, 1.807) is 12.1 Å². The minimum absolute atomic E-state index is 0.200. The highest BCUT2D eigenvalue weighted by Gasteiger charge is 2.27. The minimum Gasteiger partial charge on any atom is -0.507 e. The number of benzene rings is 1. The van der Waals surface area contributed by atoms with Crippen molar-refractivity contribution in [2.24, 2.45) is 5.92 Å². The predicted octanol–water partition coefficient (Wildman–Crippen LogP) is 6.11. The van der Waals surface area contributed by atoms with E-state index in [9.17, 15) is 9.90 Å². The summed E-state index contributed by atoms with van der Waals surface area (Å²) in [6, 6.07) is 3.60. The molecule has 25 heavy (non-hydrogen) atoms. The lowest BCUT2D eigenvalue weighted by Crippen LogP contribution is -2.18. The first-order valence-electron chi connectivity index (χ1n) is 9.41. The molecule has 3 nitrogen and oxygen atoms in total. The van der Waals surface area contributed by atoms with Crippen molar-refractivity contribution in [2.45, 2.75) is 91.9 Å². The van der Waals surface area contributed by atoms with E-state index in [4.69, 9.17) is 4.74 Å². The second kappa shape index (κ2) is 8.25. The normalized spacial score (nSPS) is 12.5. The Morgan fingerprint density at radius 1 is 1.00 bits per heavy atom. The molecular weight excluding hydrogens is 312 g/mol. The Morgan fingerprint density at radius 3 is 1.88 bits per heavy atom. The van der Waals surface area contributed by atoms with Crippen molar-refractivity contribution in [3.63, 3.8) is 0 Å². The number of carbonyl (C=O) groups is 1. The third-order valence-electron chi connectivity index (χ3n) is 4.34. The number of aromatic hydroxyl groups is 1. The summed E-state index contributed by atoms with van der Waals surface area (Å²) in [4.78, 5) is 12.2. The van der Waals surface area contributed by atoms with E-state index < -0.39 is 0 Å². The monoisotopic (exact) mass is 348 g/mol. The van der Waals surface area contributed by atoms with Crippen LogP contribution in [0.5, 0.6) is 11.5 Å². The van der Waals surface area contributed by atoms with Crippen LogP contribution < -0.4 is 4.74 Å². The van der Waals surface area contributed by atoms with Crippen LogP contribution in [0.1, 0.15) is 92.2 Å². The maximum atomic E-state index is 12.2. The molecule has 0 atom stereocenters. The zero-order valence-electron chi connectivity index (χ0n) is 17.3. The van der Waals surface area contributed by atoms with Crippen LogP contribution in [0, 0.1) is 5.92 Å². The fourth-order valence-corrected chi connectivity index (χ4v) is 2.81. The Bertz CT molecular complexity index is 551. The van der Waals surface area contributed by atoms with Crippen LogP contribution in [0.2, 0.25) is 0 Å².